The van der Waals surface area contributed by atoms with E-state index in [9.17, 15) is 12.8 Å². The van der Waals surface area contributed by atoms with Gasteiger partial charge in [0.05, 0.1) is 4.91 Å². The van der Waals surface area contributed by atoms with Crippen LogP contribution in [0.3, 0.4) is 0 Å². The Labute approximate surface area is 75.1 Å². The summed E-state index contributed by atoms with van der Waals surface area (Å²) in [5.41, 5.74) is 0.684. The van der Waals surface area contributed by atoms with Gasteiger partial charge in [-0.15, -0.1) is 0 Å². The molecule has 68 valence electrons. The van der Waals surface area contributed by atoms with E-state index in [1.165, 1.54) is 6.08 Å². The fourth-order valence-corrected chi connectivity index (χ4v) is 1.99. The maximum absolute atomic E-state index is 12.8. The monoisotopic (exact) mass is 210 g/mol. The average Bonchev–Trinajstić information content (AvgIpc) is 1.82. The van der Waals surface area contributed by atoms with Gasteiger partial charge in [-0.05, 0) is 19.1 Å². The van der Waals surface area contributed by atoms with Crippen molar-refractivity contribution in [2.24, 2.45) is 0 Å². The zero-order valence-electron chi connectivity index (χ0n) is 6.42. The zero-order chi connectivity index (χ0) is 9.35. The number of hydrogen-bond donors (Lipinski definition) is 0. The van der Waals surface area contributed by atoms with E-state index in [1.807, 2.05) is 0 Å². The van der Waals surface area contributed by atoms with Crippen molar-refractivity contribution in [3.8, 4) is 0 Å². The SMILES string of the molecule is CC1=CC(S(=O)(=O)Cl)=CC(F)C1. The van der Waals surface area contributed by atoms with Crippen molar-refractivity contribution < 1.29 is 12.8 Å². The molecule has 0 bridgehead atoms. The number of allylic oxidation sites excluding steroid dienone is 3. The van der Waals surface area contributed by atoms with Gasteiger partial charge in [0.15, 0.2) is 0 Å². The quantitative estimate of drug-likeness (QED) is 0.622. The highest BCUT2D eigenvalue weighted by molar-refractivity contribution is 8.17. The summed E-state index contributed by atoms with van der Waals surface area (Å²) in [6, 6.07) is 0. The van der Waals surface area contributed by atoms with Gasteiger partial charge in [-0.3, -0.25) is 0 Å². The first-order valence-corrected chi connectivity index (χ1v) is 5.68. The largest absolute Gasteiger partial charge is 0.261 e. The minimum atomic E-state index is -3.77. The molecule has 0 fully saturated rings. The van der Waals surface area contributed by atoms with E-state index in [1.54, 1.807) is 6.92 Å². The van der Waals surface area contributed by atoms with Crippen molar-refractivity contribution in [1.29, 1.82) is 0 Å². The van der Waals surface area contributed by atoms with E-state index in [2.05, 4.69) is 0 Å². The number of rotatable bonds is 1. The Hall–Kier alpha value is -0.350. The van der Waals surface area contributed by atoms with Crippen LogP contribution in [0.1, 0.15) is 13.3 Å². The number of halogens is 2. The Kier molecular flexibility index (Phi) is 2.58. The van der Waals surface area contributed by atoms with Gasteiger partial charge < -0.3 is 0 Å². The summed E-state index contributed by atoms with van der Waals surface area (Å²) in [7, 11) is 1.26. The lowest BCUT2D eigenvalue weighted by atomic mass is 10.1. The molecule has 2 nitrogen and oxygen atoms in total. The maximum atomic E-state index is 12.8. The van der Waals surface area contributed by atoms with Gasteiger partial charge in [0.2, 0.25) is 0 Å². The van der Waals surface area contributed by atoms with Crippen molar-refractivity contribution in [3.63, 3.8) is 0 Å². The maximum Gasteiger partial charge on any atom is 0.261 e. The molecular weight excluding hydrogens is 203 g/mol. The minimum Gasteiger partial charge on any atom is -0.243 e. The fraction of sp³-hybridized carbons (Fsp3) is 0.429. The van der Waals surface area contributed by atoms with Crippen LogP contribution in [-0.4, -0.2) is 14.6 Å². The second kappa shape index (κ2) is 3.18. The topological polar surface area (TPSA) is 34.1 Å². The first-order valence-electron chi connectivity index (χ1n) is 3.37. The van der Waals surface area contributed by atoms with Crippen molar-refractivity contribution in [3.05, 3.63) is 22.6 Å². The van der Waals surface area contributed by atoms with Crippen LogP contribution < -0.4 is 0 Å². The highest BCUT2D eigenvalue weighted by Crippen LogP contribution is 2.24. The standard InChI is InChI=1S/C7H8ClFO2S/c1-5-2-6(9)4-7(3-5)12(8,10)11/h3-4,6H,2H2,1H3. The van der Waals surface area contributed by atoms with Crippen molar-refractivity contribution in [1.82, 2.24) is 0 Å². The summed E-state index contributed by atoms with van der Waals surface area (Å²) >= 11 is 0. The molecule has 12 heavy (non-hydrogen) atoms. The molecule has 0 aromatic heterocycles. The fourth-order valence-electron chi connectivity index (χ4n) is 1.05. The van der Waals surface area contributed by atoms with Gasteiger partial charge in [-0.2, -0.15) is 0 Å². The van der Waals surface area contributed by atoms with E-state index in [0.717, 1.165) is 6.08 Å². The second-order valence-corrected chi connectivity index (χ2v) is 5.28. The molecule has 0 aliphatic heterocycles. The van der Waals surface area contributed by atoms with E-state index in [4.69, 9.17) is 10.7 Å². The molecule has 1 rings (SSSR count). The molecule has 0 saturated heterocycles. The molecule has 0 aromatic carbocycles. The summed E-state index contributed by atoms with van der Waals surface area (Å²) in [5.74, 6) is 0. The van der Waals surface area contributed by atoms with Crippen LogP contribution in [0, 0.1) is 0 Å². The van der Waals surface area contributed by atoms with Crippen molar-refractivity contribution >= 4 is 19.7 Å². The minimum absolute atomic E-state index is 0.139. The highest BCUT2D eigenvalue weighted by atomic mass is 35.7. The lowest BCUT2D eigenvalue weighted by Gasteiger charge is -2.11. The van der Waals surface area contributed by atoms with Gasteiger partial charge in [0.1, 0.15) is 6.17 Å². The van der Waals surface area contributed by atoms with Crippen LogP contribution >= 0.6 is 10.7 Å². The molecule has 0 spiro atoms. The van der Waals surface area contributed by atoms with E-state index < -0.39 is 15.2 Å². The molecule has 0 N–H and O–H groups in total. The molecule has 0 aromatic rings. The predicted molar refractivity (Wildman–Crippen MR) is 46.1 cm³/mol. The molecule has 1 aliphatic carbocycles. The van der Waals surface area contributed by atoms with Crippen LogP contribution in [0.25, 0.3) is 0 Å². The second-order valence-electron chi connectivity index (χ2n) is 2.72. The van der Waals surface area contributed by atoms with E-state index in [-0.39, 0.29) is 11.3 Å². The normalized spacial score (nSPS) is 24.8. The Morgan fingerprint density at radius 1 is 1.67 bits per heavy atom. The lowest BCUT2D eigenvalue weighted by molar-refractivity contribution is 0.394. The first kappa shape index (κ1) is 9.74. The van der Waals surface area contributed by atoms with Crippen molar-refractivity contribution in [2.45, 2.75) is 19.5 Å². The Bertz CT molecular complexity index is 342. The summed E-state index contributed by atoms with van der Waals surface area (Å²) in [6.07, 6.45) is 1.42. The third-order valence-electron chi connectivity index (χ3n) is 1.53. The summed E-state index contributed by atoms with van der Waals surface area (Å²) in [6.45, 7) is 1.67. The summed E-state index contributed by atoms with van der Waals surface area (Å²) in [4.78, 5) is -0.139. The zero-order valence-corrected chi connectivity index (χ0v) is 7.99. The Morgan fingerprint density at radius 3 is 2.67 bits per heavy atom. The molecule has 1 atom stereocenters. The first-order chi connectivity index (χ1) is 5.39. The number of hydrogen-bond acceptors (Lipinski definition) is 2. The van der Waals surface area contributed by atoms with Gasteiger partial charge >= 0.3 is 0 Å². The summed E-state index contributed by atoms with van der Waals surface area (Å²) < 4.78 is 34.3. The Morgan fingerprint density at radius 2 is 2.25 bits per heavy atom. The predicted octanol–water partition coefficient (Wildman–Crippen LogP) is 2.13. The third-order valence-corrected chi connectivity index (χ3v) is 2.88. The highest BCUT2D eigenvalue weighted by Gasteiger charge is 2.19. The molecule has 1 unspecified atom stereocenters. The van der Waals surface area contributed by atoms with Crippen molar-refractivity contribution in [2.75, 3.05) is 0 Å². The molecule has 0 amide bonds. The molecule has 1 aliphatic rings. The van der Waals surface area contributed by atoms with Gasteiger partial charge in [-0.25, -0.2) is 12.8 Å². The average molecular weight is 211 g/mol. The summed E-state index contributed by atoms with van der Waals surface area (Å²) in [5, 5.41) is 0. The van der Waals surface area contributed by atoms with Crippen LogP contribution in [0.4, 0.5) is 4.39 Å². The van der Waals surface area contributed by atoms with Crippen LogP contribution in [0.5, 0.6) is 0 Å². The molecule has 0 radical (unpaired) electrons. The van der Waals surface area contributed by atoms with Crippen LogP contribution in [0.15, 0.2) is 22.6 Å². The van der Waals surface area contributed by atoms with E-state index >= 15 is 0 Å². The Balaban J connectivity index is 3.07. The van der Waals surface area contributed by atoms with Gasteiger partial charge in [0, 0.05) is 17.1 Å². The van der Waals surface area contributed by atoms with Crippen LogP contribution in [-0.2, 0) is 9.05 Å². The third kappa shape index (κ3) is 2.32. The number of alkyl halides is 1. The lowest BCUT2D eigenvalue weighted by Crippen LogP contribution is -2.06. The van der Waals surface area contributed by atoms with E-state index in [0.29, 0.717) is 5.57 Å². The molecule has 5 heteroatoms. The van der Waals surface area contributed by atoms with Gasteiger partial charge in [-0.1, -0.05) is 5.57 Å². The van der Waals surface area contributed by atoms with Crippen LogP contribution in [0.2, 0.25) is 0 Å². The smallest absolute Gasteiger partial charge is 0.243 e. The van der Waals surface area contributed by atoms with Gasteiger partial charge in [0.25, 0.3) is 9.05 Å². The molecule has 0 heterocycles. The molecule has 0 saturated carbocycles. The molecular formula is C7H8ClFO2S.